The van der Waals surface area contributed by atoms with Gasteiger partial charge in [-0.1, -0.05) is 0 Å². The predicted octanol–water partition coefficient (Wildman–Crippen LogP) is 1.25. The molecule has 0 radical (unpaired) electrons. The number of thiophene rings is 1. The molecule has 1 saturated heterocycles. The minimum atomic E-state index is -0.645. The van der Waals surface area contributed by atoms with Crippen LogP contribution in [0.5, 0.6) is 0 Å². The normalized spacial score (nSPS) is 15.9. The lowest BCUT2D eigenvalue weighted by atomic mass is 10.1. The number of rotatable bonds is 7. The largest absolute Gasteiger partial charge is 0.462 e. The minimum absolute atomic E-state index is 0.110. The summed E-state index contributed by atoms with van der Waals surface area (Å²) in [5.41, 5.74) is 0.517. The Morgan fingerprint density at radius 3 is 2.59 bits per heavy atom. The van der Waals surface area contributed by atoms with Gasteiger partial charge in [-0.05, 0) is 32.3 Å². The van der Waals surface area contributed by atoms with Crippen molar-refractivity contribution in [1.82, 2.24) is 5.32 Å². The molecule has 0 unspecified atom stereocenters. The number of ether oxygens (including phenoxy) is 3. The molecule has 2 rings (SSSR count). The first-order valence-electron chi connectivity index (χ1n) is 8.49. The maximum Gasteiger partial charge on any atom is 0.341 e. The fourth-order valence-corrected chi connectivity index (χ4v) is 3.69. The van der Waals surface area contributed by atoms with Crippen LogP contribution >= 0.6 is 11.3 Å². The molecule has 0 bridgehead atoms. The topological polar surface area (TPSA) is 120 Å². The van der Waals surface area contributed by atoms with E-state index in [0.29, 0.717) is 18.6 Å². The fourth-order valence-electron chi connectivity index (χ4n) is 2.54. The molecule has 1 aliphatic rings. The molecule has 9 nitrogen and oxygen atoms in total. The first-order valence-corrected chi connectivity index (χ1v) is 9.31. The maximum absolute atomic E-state index is 12.2. The lowest BCUT2D eigenvalue weighted by Gasteiger charge is -2.10. The first-order chi connectivity index (χ1) is 12.9. The van der Waals surface area contributed by atoms with Gasteiger partial charge in [0.1, 0.15) is 5.00 Å². The Bertz CT molecular complexity index is 738. The molecule has 1 aromatic rings. The van der Waals surface area contributed by atoms with Crippen LogP contribution in [0.25, 0.3) is 0 Å². The maximum atomic E-state index is 12.2. The van der Waals surface area contributed by atoms with Crippen molar-refractivity contribution >= 4 is 40.1 Å². The molecule has 1 aromatic heterocycles. The van der Waals surface area contributed by atoms with Crippen molar-refractivity contribution in [2.75, 3.05) is 32.2 Å². The van der Waals surface area contributed by atoms with Crippen LogP contribution in [0.3, 0.4) is 0 Å². The Hall–Kier alpha value is -2.46. The Morgan fingerprint density at radius 2 is 2.00 bits per heavy atom. The van der Waals surface area contributed by atoms with Gasteiger partial charge in [-0.3, -0.25) is 9.59 Å². The molecule has 10 heteroatoms. The summed E-state index contributed by atoms with van der Waals surface area (Å²) in [5.74, 6) is -2.25. The highest BCUT2D eigenvalue weighted by atomic mass is 32.1. The standard InChI is InChI=1S/C17H22N2O7S/c1-4-24-17(23)12-9(2)13(14(21)18-3)27-15(12)19-11(20)8-26-16(22)10-6-5-7-25-10/h10H,4-8H2,1-3H3,(H,18,21)(H,19,20)/t10-/m1/s1. The smallest absolute Gasteiger partial charge is 0.341 e. The summed E-state index contributed by atoms with van der Waals surface area (Å²) in [5, 5.41) is 5.17. The van der Waals surface area contributed by atoms with E-state index in [1.807, 2.05) is 0 Å². The van der Waals surface area contributed by atoms with E-state index in [1.54, 1.807) is 13.8 Å². The summed E-state index contributed by atoms with van der Waals surface area (Å²) in [6.07, 6.45) is 0.690. The molecule has 1 atom stereocenters. The summed E-state index contributed by atoms with van der Waals surface area (Å²) in [7, 11) is 1.47. The van der Waals surface area contributed by atoms with E-state index in [1.165, 1.54) is 7.05 Å². The van der Waals surface area contributed by atoms with Crippen LogP contribution in [0.2, 0.25) is 0 Å². The molecule has 2 amide bonds. The molecule has 2 N–H and O–H groups in total. The van der Waals surface area contributed by atoms with Gasteiger partial charge in [0.2, 0.25) is 0 Å². The molecule has 148 valence electrons. The summed E-state index contributed by atoms with van der Waals surface area (Å²) < 4.78 is 15.1. The zero-order valence-corrected chi connectivity index (χ0v) is 16.2. The van der Waals surface area contributed by atoms with Crippen molar-refractivity contribution in [3.63, 3.8) is 0 Å². The second-order valence-corrected chi connectivity index (χ2v) is 6.74. The van der Waals surface area contributed by atoms with Gasteiger partial charge in [0.25, 0.3) is 11.8 Å². The average molecular weight is 398 g/mol. The number of hydrogen-bond acceptors (Lipinski definition) is 8. The molecule has 0 saturated carbocycles. The van der Waals surface area contributed by atoms with Gasteiger partial charge in [-0.25, -0.2) is 9.59 Å². The average Bonchev–Trinajstić information content (AvgIpc) is 3.27. The summed E-state index contributed by atoms with van der Waals surface area (Å²) in [6, 6.07) is 0. The zero-order valence-electron chi connectivity index (χ0n) is 15.4. The molecular formula is C17H22N2O7S. The highest BCUT2D eigenvalue weighted by Crippen LogP contribution is 2.33. The SMILES string of the molecule is CCOC(=O)c1c(NC(=O)COC(=O)[C@H]2CCCO2)sc(C(=O)NC)c1C. The molecule has 1 fully saturated rings. The van der Waals surface area contributed by atoms with E-state index in [0.717, 1.165) is 17.8 Å². The molecule has 2 heterocycles. The molecule has 1 aliphatic heterocycles. The number of carbonyl (C=O) groups is 4. The summed E-state index contributed by atoms with van der Waals surface area (Å²) in [4.78, 5) is 48.4. The quantitative estimate of drug-likeness (QED) is 0.663. The zero-order chi connectivity index (χ0) is 20.0. The minimum Gasteiger partial charge on any atom is -0.462 e. The number of esters is 2. The third-order valence-electron chi connectivity index (χ3n) is 3.85. The van der Waals surface area contributed by atoms with E-state index >= 15 is 0 Å². The Labute approximate surface area is 160 Å². The third-order valence-corrected chi connectivity index (χ3v) is 5.06. The monoisotopic (exact) mass is 398 g/mol. The van der Waals surface area contributed by atoms with Crippen LogP contribution in [0.15, 0.2) is 0 Å². The van der Waals surface area contributed by atoms with Crippen molar-refractivity contribution in [2.24, 2.45) is 0 Å². The Balaban J connectivity index is 2.10. The van der Waals surface area contributed by atoms with Gasteiger partial charge >= 0.3 is 11.9 Å². The molecule has 0 spiro atoms. The number of nitrogens with one attached hydrogen (secondary N) is 2. The third kappa shape index (κ3) is 5.04. The number of amides is 2. The van der Waals surface area contributed by atoms with Crippen LogP contribution < -0.4 is 10.6 Å². The number of carbonyl (C=O) groups excluding carboxylic acids is 4. The number of hydrogen-bond donors (Lipinski definition) is 2. The molecular weight excluding hydrogens is 376 g/mol. The van der Waals surface area contributed by atoms with Crippen LogP contribution in [-0.2, 0) is 23.8 Å². The lowest BCUT2D eigenvalue weighted by Crippen LogP contribution is -2.27. The second-order valence-electron chi connectivity index (χ2n) is 5.72. The van der Waals surface area contributed by atoms with Gasteiger partial charge in [-0.15, -0.1) is 11.3 Å². The van der Waals surface area contributed by atoms with E-state index < -0.39 is 30.6 Å². The van der Waals surface area contributed by atoms with Crippen molar-refractivity contribution in [1.29, 1.82) is 0 Å². The van der Waals surface area contributed by atoms with E-state index in [9.17, 15) is 19.2 Å². The highest BCUT2D eigenvalue weighted by molar-refractivity contribution is 7.18. The second kappa shape index (κ2) is 9.47. The number of anilines is 1. The van der Waals surface area contributed by atoms with Gasteiger partial charge in [-0.2, -0.15) is 0 Å². The van der Waals surface area contributed by atoms with Gasteiger partial charge < -0.3 is 24.8 Å². The van der Waals surface area contributed by atoms with Crippen LogP contribution in [0, 0.1) is 6.92 Å². The predicted molar refractivity (Wildman–Crippen MR) is 97.0 cm³/mol. The fraction of sp³-hybridized carbons (Fsp3) is 0.529. The van der Waals surface area contributed by atoms with E-state index in [4.69, 9.17) is 14.2 Å². The molecule has 0 aliphatic carbocycles. The van der Waals surface area contributed by atoms with Crippen LogP contribution in [0.4, 0.5) is 5.00 Å². The Kier molecular flexibility index (Phi) is 7.31. The summed E-state index contributed by atoms with van der Waals surface area (Å²) >= 11 is 0.951. The molecule has 0 aromatic carbocycles. The van der Waals surface area contributed by atoms with Gasteiger partial charge in [0.05, 0.1) is 17.0 Å². The van der Waals surface area contributed by atoms with E-state index in [2.05, 4.69) is 10.6 Å². The van der Waals surface area contributed by atoms with Crippen molar-refractivity contribution in [3.8, 4) is 0 Å². The summed E-state index contributed by atoms with van der Waals surface area (Å²) in [6.45, 7) is 3.37. The van der Waals surface area contributed by atoms with Crippen LogP contribution in [-0.4, -0.2) is 56.7 Å². The van der Waals surface area contributed by atoms with Gasteiger partial charge in [0, 0.05) is 13.7 Å². The van der Waals surface area contributed by atoms with E-state index in [-0.39, 0.29) is 28.0 Å². The first kappa shape index (κ1) is 20.8. The highest BCUT2D eigenvalue weighted by Gasteiger charge is 2.28. The van der Waals surface area contributed by atoms with Crippen molar-refractivity contribution in [2.45, 2.75) is 32.8 Å². The van der Waals surface area contributed by atoms with Gasteiger partial charge in [0.15, 0.2) is 12.7 Å². The molecule has 27 heavy (non-hydrogen) atoms. The van der Waals surface area contributed by atoms with Crippen molar-refractivity contribution < 1.29 is 33.4 Å². The Morgan fingerprint density at radius 1 is 1.26 bits per heavy atom. The lowest BCUT2D eigenvalue weighted by molar-refractivity contribution is -0.156. The van der Waals surface area contributed by atoms with Crippen LogP contribution in [0.1, 0.15) is 45.4 Å². The van der Waals surface area contributed by atoms with Crippen molar-refractivity contribution in [3.05, 3.63) is 16.0 Å².